The lowest BCUT2D eigenvalue weighted by molar-refractivity contribution is 0.792. The van der Waals surface area contributed by atoms with Crippen LogP contribution < -0.4 is 5.56 Å². The summed E-state index contributed by atoms with van der Waals surface area (Å²) in [5, 5.41) is 4.01. The summed E-state index contributed by atoms with van der Waals surface area (Å²) in [5.74, 6) is 0.455. The number of H-pyrrole nitrogens is 1. The molecule has 6 heteroatoms. The Hall–Kier alpha value is -2.50. The Kier molecular flexibility index (Phi) is 2.01. The lowest BCUT2D eigenvalue weighted by atomic mass is 10.3. The van der Waals surface area contributed by atoms with Gasteiger partial charge in [0.1, 0.15) is 11.2 Å². The van der Waals surface area contributed by atoms with Gasteiger partial charge in [-0.25, -0.2) is 4.98 Å². The fourth-order valence-electron chi connectivity index (χ4n) is 1.71. The molecule has 17 heavy (non-hydrogen) atoms. The number of aromatic amines is 1. The lowest BCUT2D eigenvalue weighted by Crippen LogP contribution is -2.12. The number of hydrogen-bond acceptors (Lipinski definition) is 4. The molecule has 0 spiro atoms. The smallest absolute Gasteiger partial charge is 0.277 e. The summed E-state index contributed by atoms with van der Waals surface area (Å²) >= 11 is 0. The molecule has 0 aromatic carbocycles. The summed E-state index contributed by atoms with van der Waals surface area (Å²) in [6.45, 7) is 0. The highest BCUT2D eigenvalue weighted by Crippen LogP contribution is 2.12. The number of nitrogens with zero attached hydrogens (tertiary/aromatic N) is 4. The quantitative estimate of drug-likeness (QED) is 0.664. The SMILES string of the molecule is Cn1ncc2nc(-c3ccccn3)[nH]c(=O)c21. The van der Waals surface area contributed by atoms with E-state index in [4.69, 9.17) is 0 Å². The number of aromatic nitrogens is 5. The highest BCUT2D eigenvalue weighted by molar-refractivity contribution is 5.74. The van der Waals surface area contributed by atoms with Crippen molar-refractivity contribution in [3.63, 3.8) is 0 Å². The van der Waals surface area contributed by atoms with Gasteiger partial charge in [0, 0.05) is 13.2 Å². The van der Waals surface area contributed by atoms with Gasteiger partial charge in [0.05, 0.1) is 6.20 Å². The standard InChI is InChI=1S/C11H9N5O/c1-16-9-8(6-13-16)14-10(15-11(9)17)7-4-2-3-5-12-7/h2-6H,1H3,(H,14,15,17). The summed E-state index contributed by atoms with van der Waals surface area (Å²) in [6, 6.07) is 5.44. The van der Waals surface area contributed by atoms with Crippen molar-refractivity contribution < 1.29 is 0 Å². The molecule has 3 rings (SSSR count). The minimum absolute atomic E-state index is 0.212. The highest BCUT2D eigenvalue weighted by atomic mass is 16.1. The largest absolute Gasteiger partial charge is 0.303 e. The van der Waals surface area contributed by atoms with E-state index in [-0.39, 0.29) is 5.56 Å². The number of pyridine rings is 1. The van der Waals surface area contributed by atoms with Gasteiger partial charge in [-0.05, 0) is 12.1 Å². The molecular weight excluding hydrogens is 218 g/mol. The van der Waals surface area contributed by atoms with E-state index in [1.807, 2.05) is 12.1 Å². The van der Waals surface area contributed by atoms with Crippen LogP contribution >= 0.6 is 0 Å². The molecule has 0 bridgehead atoms. The molecule has 0 unspecified atom stereocenters. The zero-order valence-electron chi connectivity index (χ0n) is 9.08. The van der Waals surface area contributed by atoms with Gasteiger partial charge in [-0.15, -0.1) is 0 Å². The first-order valence-corrected chi connectivity index (χ1v) is 5.09. The Morgan fingerprint density at radius 2 is 2.24 bits per heavy atom. The topological polar surface area (TPSA) is 76.5 Å². The summed E-state index contributed by atoms with van der Waals surface area (Å²) in [7, 11) is 1.71. The molecule has 0 radical (unpaired) electrons. The average Bonchev–Trinajstić information content (AvgIpc) is 2.73. The van der Waals surface area contributed by atoms with Crippen LogP contribution in [0.25, 0.3) is 22.6 Å². The molecule has 0 saturated heterocycles. The normalized spacial score (nSPS) is 10.9. The molecule has 0 aliphatic heterocycles. The number of nitrogens with one attached hydrogen (secondary N) is 1. The Morgan fingerprint density at radius 1 is 1.35 bits per heavy atom. The van der Waals surface area contributed by atoms with Crippen LogP contribution in [0.1, 0.15) is 0 Å². The van der Waals surface area contributed by atoms with Gasteiger partial charge in [-0.3, -0.25) is 14.5 Å². The van der Waals surface area contributed by atoms with E-state index in [0.717, 1.165) is 0 Å². The third kappa shape index (κ3) is 1.50. The van der Waals surface area contributed by atoms with E-state index in [1.165, 1.54) is 4.68 Å². The Morgan fingerprint density at radius 3 is 3.00 bits per heavy atom. The Bertz CT molecular complexity index is 728. The van der Waals surface area contributed by atoms with Crippen LogP contribution in [0.15, 0.2) is 35.4 Å². The fraction of sp³-hybridized carbons (Fsp3) is 0.0909. The molecule has 3 aromatic heterocycles. The third-order valence-electron chi connectivity index (χ3n) is 2.51. The maximum atomic E-state index is 11.9. The summed E-state index contributed by atoms with van der Waals surface area (Å²) in [4.78, 5) is 23.0. The summed E-state index contributed by atoms with van der Waals surface area (Å²) < 4.78 is 1.50. The molecule has 1 N–H and O–H groups in total. The molecule has 3 aromatic rings. The van der Waals surface area contributed by atoms with Crippen molar-refractivity contribution in [1.82, 2.24) is 24.7 Å². The van der Waals surface area contributed by atoms with E-state index in [2.05, 4.69) is 20.1 Å². The van der Waals surface area contributed by atoms with E-state index >= 15 is 0 Å². The predicted octanol–water partition coefficient (Wildman–Crippen LogP) is 0.719. The van der Waals surface area contributed by atoms with Gasteiger partial charge in [0.25, 0.3) is 5.56 Å². The van der Waals surface area contributed by atoms with E-state index in [1.54, 1.807) is 25.5 Å². The maximum absolute atomic E-state index is 11.9. The zero-order chi connectivity index (χ0) is 11.8. The zero-order valence-corrected chi connectivity index (χ0v) is 9.08. The van der Waals surface area contributed by atoms with Gasteiger partial charge in [-0.2, -0.15) is 5.10 Å². The molecule has 3 heterocycles. The summed E-state index contributed by atoms with van der Waals surface area (Å²) in [6.07, 6.45) is 3.22. The van der Waals surface area contributed by atoms with Crippen molar-refractivity contribution in [2.24, 2.45) is 7.05 Å². The molecule has 84 valence electrons. The molecular formula is C11H9N5O. The summed E-state index contributed by atoms with van der Waals surface area (Å²) in [5.41, 5.74) is 1.45. The van der Waals surface area contributed by atoms with E-state index in [0.29, 0.717) is 22.6 Å². The van der Waals surface area contributed by atoms with Crippen molar-refractivity contribution >= 4 is 11.0 Å². The second-order valence-electron chi connectivity index (χ2n) is 3.63. The number of rotatable bonds is 1. The second-order valence-corrected chi connectivity index (χ2v) is 3.63. The van der Waals surface area contributed by atoms with Crippen molar-refractivity contribution in [3.05, 3.63) is 40.9 Å². The minimum atomic E-state index is -0.212. The predicted molar refractivity (Wildman–Crippen MR) is 62.4 cm³/mol. The molecule has 0 aliphatic carbocycles. The van der Waals surface area contributed by atoms with Gasteiger partial charge in [-0.1, -0.05) is 6.07 Å². The lowest BCUT2D eigenvalue weighted by Gasteiger charge is -1.99. The van der Waals surface area contributed by atoms with E-state index in [9.17, 15) is 4.79 Å². The van der Waals surface area contributed by atoms with E-state index < -0.39 is 0 Å². The van der Waals surface area contributed by atoms with Crippen LogP contribution in [-0.4, -0.2) is 24.7 Å². The average molecular weight is 227 g/mol. The molecule has 0 saturated carbocycles. The van der Waals surface area contributed by atoms with Gasteiger partial charge >= 0.3 is 0 Å². The minimum Gasteiger partial charge on any atom is -0.303 e. The third-order valence-corrected chi connectivity index (χ3v) is 2.51. The van der Waals surface area contributed by atoms with Crippen LogP contribution in [0.4, 0.5) is 0 Å². The first-order chi connectivity index (χ1) is 8.25. The fourth-order valence-corrected chi connectivity index (χ4v) is 1.71. The number of aryl methyl sites for hydroxylation is 1. The van der Waals surface area contributed by atoms with Crippen molar-refractivity contribution in [2.45, 2.75) is 0 Å². The molecule has 0 aliphatic rings. The van der Waals surface area contributed by atoms with Crippen LogP contribution in [0.5, 0.6) is 0 Å². The Labute approximate surface area is 96.0 Å². The number of fused-ring (bicyclic) bond motifs is 1. The molecule has 6 nitrogen and oxygen atoms in total. The van der Waals surface area contributed by atoms with Gasteiger partial charge in [0.15, 0.2) is 11.3 Å². The van der Waals surface area contributed by atoms with Gasteiger partial charge < -0.3 is 4.98 Å². The molecule has 0 fully saturated rings. The van der Waals surface area contributed by atoms with Crippen LogP contribution in [-0.2, 0) is 7.05 Å². The molecule has 0 atom stereocenters. The Balaban J connectivity index is 2.30. The van der Waals surface area contributed by atoms with Crippen molar-refractivity contribution in [2.75, 3.05) is 0 Å². The van der Waals surface area contributed by atoms with Crippen molar-refractivity contribution in [1.29, 1.82) is 0 Å². The first-order valence-electron chi connectivity index (χ1n) is 5.09. The van der Waals surface area contributed by atoms with Crippen LogP contribution in [0.3, 0.4) is 0 Å². The van der Waals surface area contributed by atoms with Crippen LogP contribution in [0, 0.1) is 0 Å². The highest BCUT2D eigenvalue weighted by Gasteiger charge is 2.09. The maximum Gasteiger partial charge on any atom is 0.277 e. The van der Waals surface area contributed by atoms with Crippen LogP contribution in [0.2, 0.25) is 0 Å². The number of hydrogen-bond donors (Lipinski definition) is 1. The molecule has 0 amide bonds. The van der Waals surface area contributed by atoms with Gasteiger partial charge in [0.2, 0.25) is 0 Å². The monoisotopic (exact) mass is 227 g/mol. The second kappa shape index (κ2) is 3.51. The van der Waals surface area contributed by atoms with Crippen molar-refractivity contribution in [3.8, 4) is 11.5 Å². The first kappa shape index (κ1) is 9.71.